The van der Waals surface area contributed by atoms with Crippen molar-refractivity contribution < 1.29 is 9.53 Å². The van der Waals surface area contributed by atoms with Gasteiger partial charge in [0.15, 0.2) is 0 Å². The van der Waals surface area contributed by atoms with E-state index in [-0.39, 0.29) is 5.91 Å². The molecule has 0 aliphatic carbocycles. The molecular weight excluding hydrogens is 334 g/mol. The van der Waals surface area contributed by atoms with Crippen molar-refractivity contribution in [2.24, 2.45) is 0 Å². The monoisotopic (exact) mass is 359 g/mol. The first kappa shape index (κ1) is 17.9. The summed E-state index contributed by atoms with van der Waals surface area (Å²) in [6, 6.07) is 7.72. The molecule has 25 heavy (non-hydrogen) atoms. The third-order valence-corrected chi connectivity index (χ3v) is 5.30. The van der Waals surface area contributed by atoms with Crippen LogP contribution in [0.5, 0.6) is 5.75 Å². The number of rotatable bonds is 7. The van der Waals surface area contributed by atoms with Gasteiger partial charge in [-0.2, -0.15) is 0 Å². The van der Waals surface area contributed by atoms with Crippen molar-refractivity contribution in [3.63, 3.8) is 0 Å². The lowest BCUT2D eigenvalue weighted by molar-refractivity contribution is -0.120. The molecular formula is C19H25N3O2S. The highest BCUT2D eigenvalue weighted by molar-refractivity contribution is 7.09. The smallest absolute Gasteiger partial charge is 0.226 e. The normalized spacial score (nSPS) is 15.1. The van der Waals surface area contributed by atoms with E-state index in [0.29, 0.717) is 13.0 Å². The number of aromatic nitrogens is 1. The Hall–Kier alpha value is -1.92. The first-order valence-corrected chi connectivity index (χ1v) is 9.67. The largest absolute Gasteiger partial charge is 0.496 e. The van der Waals surface area contributed by atoms with Gasteiger partial charge in [0.1, 0.15) is 10.8 Å². The van der Waals surface area contributed by atoms with E-state index in [1.807, 2.05) is 29.6 Å². The third kappa shape index (κ3) is 5.28. The van der Waals surface area contributed by atoms with Crippen LogP contribution in [0.4, 0.5) is 0 Å². The number of piperidine rings is 1. The zero-order valence-corrected chi connectivity index (χ0v) is 15.5. The summed E-state index contributed by atoms with van der Waals surface area (Å²) in [7, 11) is 1.64. The molecule has 0 radical (unpaired) electrons. The number of amides is 1. The number of benzene rings is 1. The molecule has 1 amide bonds. The summed E-state index contributed by atoms with van der Waals surface area (Å²) in [5, 5.41) is 6.06. The Kier molecular flexibility index (Phi) is 6.42. The van der Waals surface area contributed by atoms with Gasteiger partial charge in [-0.05, 0) is 32.0 Å². The minimum Gasteiger partial charge on any atom is -0.496 e. The molecule has 1 aromatic carbocycles. The number of para-hydroxylation sites is 1. The van der Waals surface area contributed by atoms with Crippen LogP contribution in [0, 0.1) is 0 Å². The van der Waals surface area contributed by atoms with Gasteiger partial charge in [-0.25, -0.2) is 4.98 Å². The summed E-state index contributed by atoms with van der Waals surface area (Å²) < 4.78 is 5.30. The fourth-order valence-electron chi connectivity index (χ4n) is 3.08. The van der Waals surface area contributed by atoms with Gasteiger partial charge in [0.25, 0.3) is 0 Å². The maximum absolute atomic E-state index is 12.2. The molecule has 0 atom stereocenters. The molecule has 2 heterocycles. The summed E-state index contributed by atoms with van der Waals surface area (Å²) >= 11 is 1.65. The molecule has 3 rings (SSSR count). The number of carbonyl (C=O) groups is 1. The minimum absolute atomic E-state index is 0.0132. The number of hydrogen-bond acceptors (Lipinski definition) is 5. The topological polar surface area (TPSA) is 54.5 Å². The molecule has 1 fully saturated rings. The molecule has 0 unspecified atom stereocenters. The van der Waals surface area contributed by atoms with Gasteiger partial charge in [0.2, 0.25) is 5.91 Å². The van der Waals surface area contributed by atoms with Crippen molar-refractivity contribution >= 4 is 17.2 Å². The van der Waals surface area contributed by atoms with Crippen LogP contribution in [0.1, 0.15) is 35.5 Å². The maximum Gasteiger partial charge on any atom is 0.226 e. The highest BCUT2D eigenvalue weighted by Crippen LogP contribution is 2.18. The number of ether oxygens (including phenoxy) is 1. The lowest BCUT2D eigenvalue weighted by Crippen LogP contribution is -2.29. The fraction of sp³-hybridized carbons (Fsp3) is 0.474. The highest BCUT2D eigenvalue weighted by Gasteiger charge is 2.14. The number of nitrogens with zero attached hydrogens (tertiary/aromatic N) is 2. The van der Waals surface area contributed by atoms with Crippen LogP contribution in [0.25, 0.3) is 0 Å². The van der Waals surface area contributed by atoms with Gasteiger partial charge in [0.05, 0.1) is 25.8 Å². The Bertz CT molecular complexity index is 695. The summed E-state index contributed by atoms with van der Waals surface area (Å²) in [4.78, 5) is 19.3. The Balaban J connectivity index is 1.48. The van der Waals surface area contributed by atoms with E-state index in [2.05, 4.69) is 15.2 Å². The second kappa shape index (κ2) is 8.97. The van der Waals surface area contributed by atoms with E-state index >= 15 is 0 Å². The highest BCUT2D eigenvalue weighted by atomic mass is 32.1. The van der Waals surface area contributed by atoms with E-state index in [1.54, 1.807) is 18.4 Å². The van der Waals surface area contributed by atoms with Gasteiger partial charge in [0, 0.05) is 17.5 Å². The van der Waals surface area contributed by atoms with Crippen LogP contribution in [0.2, 0.25) is 0 Å². The Morgan fingerprint density at radius 2 is 2.08 bits per heavy atom. The first-order valence-electron chi connectivity index (χ1n) is 8.79. The molecule has 6 heteroatoms. The fourth-order valence-corrected chi connectivity index (χ4v) is 3.92. The lowest BCUT2D eigenvalue weighted by Gasteiger charge is -2.25. The second-order valence-corrected chi connectivity index (χ2v) is 7.28. The van der Waals surface area contributed by atoms with Crippen LogP contribution in [-0.4, -0.2) is 36.0 Å². The van der Waals surface area contributed by atoms with Gasteiger partial charge in [-0.1, -0.05) is 24.6 Å². The van der Waals surface area contributed by atoms with Crippen molar-refractivity contribution in [3.05, 3.63) is 45.9 Å². The number of methoxy groups -OCH3 is 1. The van der Waals surface area contributed by atoms with E-state index in [4.69, 9.17) is 4.74 Å². The number of nitrogens with one attached hydrogen (secondary N) is 1. The molecule has 134 valence electrons. The summed E-state index contributed by atoms with van der Waals surface area (Å²) in [5.74, 6) is 0.779. The summed E-state index contributed by atoms with van der Waals surface area (Å²) in [6.07, 6.45) is 4.23. The van der Waals surface area contributed by atoms with Gasteiger partial charge >= 0.3 is 0 Å². The SMILES string of the molecule is COc1ccccc1CNC(=O)Cc1csc(CN2CCCCC2)n1. The molecule has 1 aliphatic rings. The summed E-state index contributed by atoms with van der Waals surface area (Å²) in [6.45, 7) is 3.70. The van der Waals surface area contributed by atoms with Gasteiger partial charge < -0.3 is 10.1 Å². The number of carbonyl (C=O) groups excluding carboxylic acids is 1. The number of likely N-dealkylation sites (tertiary alicyclic amines) is 1. The molecule has 1 aromatic heterocycles. The predicted octanol–water partition coefficient (Wildman–Crippen LogP) is 3.00. The Morgan fingerprint density at radius 1 is 1.28 bits per heavy atom. The number of hydrogen-bond donors (Lipinski definition) is 1. The first-order chi connectivity index (χ1) is 12.2. The van der Waals surface area contributed by atoms with Crippen molar-refractivity contribution in [2.45, 2.75) is 38.8 Å². The van der Waals surface area contributed by atoms with Crippen LogP contribution in [-0.2, 0) is 24.3 Å². The minimum atomic E-state index is -0.0132. The van der Waals surface area contributed by atoms with E-state index in [0.717, 1.165) is 41.6 Å². The van der Waals surface area contributed by atoms with E-state index in [9.17, 15) is 4.79 Å². The molecule has 1 saturated heterocycles. The quantitative estimate of drug-likeness (QED) is 0.826. The third-order valence-electron chi connectivity index (χ3n) is 4.42. The Morgan fingerprint density at radius 3 is 2.88 bits per heavy atom. The van der Waals surface area contributed by atoms with Crippen LogP contribution in [0.3, 0.4) is 0 Å². The van der Waals surface area contributed by atoms with Crippen molar-refractivity contribution in [3.8, 4) is 5.75 Å². The van der Waals surface area contributed by atoms with Crippen molar-refractivity contribution in [1.29, 1.82) is 0 Å². The Labute approximate surface area is 153 Å². The van der Waals surface area contributed by atoms with Crippen LogP contribution >= 0.6 is 11.3 Å². The maximum atomic E-state index is 12.2. The summed E-state index contributed by atoms with van der Waals surface area (Å²) in [5.41, 5.74) is 1.83. The van der Waals surface area contributed by atoms with Gasteiger partial charge in [-0.3, -0.25) is 9.69 Å². The van der Waals surface area contributed by atoms with Gasteiger partial charge in [-0.15, -0.1) is 11.3 Å². The van der Waals surface area contributed by atoms with E-state index < -0.39 is 0 Å². The standard InChI is InChI=1S/C19H25N3O2S/c1-24-17-8-4-3-7-15(17)12-20-18(23)11-16-14-25-19(21-16)13-22-9-5-2-6-10-22/h3-4,7-8,14H,2,5-6,9-13H2,1H3,(H,20,23). The van der Waals surface area contributed by atoms with Crippen molar-refractivity contribution in [2.75, 3.05) is 20.2 Å². The van der Waals surface area contributed by atoms with Crippen molar-refractivity contribution in [1.82, 2.24) is 15.2 Å². The molecule has 1 N–H and O–H groups in total. The van der Waals surface area contributed by atoms with Crippen LogP contribution < -0.4 is 10.1 Å². The van der Waals surface area contributed by atoms with E-state index in [1.165, 1.54) is 19.3 Å². The zero-order chi connectivity index (χ0) is 17.5. The van der Waals surface area contributed by atoms with Crippen LogP contribution in [0.15, 0.2) is 29.6 Å². The molecule has 0 spiro atoms. The predicted molar refractivity (Wildman–Crippen MR) is 99.8 cm³/mol. The number of thiazole rings is 1. The second-order valence-electron chi connectivity index (χ2n) is 6.33. The average molecular weight is 359 g/mol. The molecule has 1 aliphatic heterocycles. The molecule has 5 nitrogen and oxygen atoms in total. The molecule has 0 saturated carbocycles. The molecule has 0 bridgehead atoms. The molecule has 2 aromatic rings. The zero-order valence-electron chi connectivity index (χ0n) is 14.7. The lowest BCUT2D eigenvalue weighted by atomic mass is 10.1. The average Bonchev–Trinajstić information content (AvgIpc) is 3.07.